The van der Waals surface area contributed by atoms with Gasteiger partial charge in [0.2, 0.25) is 0 Å². The van der Waals surface area contributed by atoms with Crippen molar-refractivity contribution < 1.29 is 53.8 Å². The van der Waals surface area contributed by atoms with Gasteiger partial charge in [0.1, 0.15) is 0 Å². The van der Waals surface area contributed by atoms with Crippen LogP contribution in [0.1, 0.15) is 85.2 Å². The number of halogens is 4. The molecule has 2 atom stereocenters. The average molecular weight is 721 g/mol. The number of benzene rings is 2. The van der Waals surface area contributed by atoms with Crippen LogP contribution in [0, 0.1) is 51.0 Å². The van der Waals surface area contributed by atoms with Gasteiger partial charge in [0.25, 0.3) is 0 Å². The van der Waals surface area contributed by atoms with E-state index >= 15 is 0 Å². The largest absolute Gasteiger partial charge is 0.416 e. The number of anilines is 1. The van der Waals surface area contributed by atoms with E-state index in [-0.39, 0.29) is 49.0 Å². The minimum atomic E-state index is -4.33. The third-order valence-corrected chi connectivity index (χ3v) is 5.78. The Morgan fingerprint density at radius 3 is 2.41 bits per heavy atom. The van der Waals surface area contributed by atoms with Crippen LogP contribution in [-0.4, -0.2) is 18.4 Å². The SMILES string of the molecule is CCC(=O)c1[c-]c(C)cc(Cl)c1.CCC(C)Nc1c(C)cc(C(F)(F)F)cc1C1CCCO1.[U]. The molecule has 8 heteroatoms. The van der Waals surface area contributed by atoms with Gasteiger partial charge in [0.05, 0.1) is 17.5 Å². The molecule has 1 saturated heterocycles. The molecule has 34 heavy (non-hydrogen) atoms. The van der Waals surface area contributed by atoms with E-state index in [2.05, 4.69) is 11.4 Å². The number of ether oxygens (including phenoxy) is 1. The zero-order valence-electron chi connectivity index (χ0n) is 20.3. The Bertz CT molecular complexity index is 940. The van der Waals surface area contributed by atoms with Gasteiger partial charge in [-0.25, -0.2) is 0 Å². The Labute approximate surface area is 229 Å². The molecule has 2 unspecified atom stereocenters. The summed E-state index contributed by atoms with van der Waals surface area (Å²) in [5, 5.41) is 3.94. The molecule has 2 aromatic carbocycles. The van der Waals surface area contributed by atoms with E-state index in [1.54, 1.807) is 19.1 Å². The number of hydrogen-bond donors (Lipinski definition) is 1. The fourth-order valence-corrected chi connectivity index (χ4v) is 3.89. The molecular formula is C26H32ClF3NO2U-. The Kier molecular flexibility index (Phi) is 12.7. The Hall–Kier alpha value is -0.998. The van der Waals surface area contributed by atoms with Crippen LogP contribution in [0.4, 0.5) is 18.9 Å². The van der Waals surface area contributed by atoms with Crippen LogP contribution in [0.3, 0.4) is 0 Å². The van der Waals surface area contributed by atoms with Crippen LogP contribution in [0.5, 0.6) is 0 Å². The third-order valence-electron chi connectivity index (χ3n) is 5.56. The van der Waals surface area contributed by atoms with Gasteiger partial charge in [-0.2, -0.15) is 13.2 Å². The predicted octanol–water partition coefficient (Wildman–Crippen LogP) is 8.12. The Balaban J connectivity index is 0.000000380. The zero-order valence-corrected chi connectivity index (χ0v) is 25.2. The number of Topliss-reactive ketones (excluding diaryl/α,β-unsaturated/α-hetero) is 1. The molecule has 0 spiro atoms. The van der Waals surface area contributed by atoms with E-state index in [1.807, 2.05) is 27.7 Å². The normalized spacial score (nSPS) is 16.2. The summed E-state index contributed by atoms with van der Waals surface area (Å²) in [7, 11) is 0. The van der Waals surface area contributed by atoms with Crippen LogP contribution >= 0.6 is 11.6 Å². The first-order valence-electron chi connectivity index (χ1n) is 11.3. The van der Waals surface area contributed by atoms with Gasteiger partial charge >= 0.3 is 6.18 Å². The fourth-order valence-electron chi connectivity index (χ4n) is 3.61. The van der Waals surface area contributed by atoms with Gasteiger partial charge in [0.15, 0.2) is 0 Å². The molecule has 0 aliphatic carbocycles. The molecule has 2 aromatic rings. The summed E-state index contributed by atoms with van der Waals surface area (Å²) >= 11 is 5.78. The van der Waals surface area contributed by atoms with Crippen molar-refractivity contribution in [3.63, 3.8) is 0 Å². The summed E-state index contributed by atoms with van der Waals surface area (Å²) in [6.45, 7) is 10.1. The maximum atomic E-state index is 13.0. The summed E-state index contributed by atoms with van der Waals surface area (Å²) in [5.74, 6) is 0.0839. The van der Waals surface area contributed by atoms with E-state index in [9.17, 15) is 18.0 Å². The minimum Gasteiger partial charge on any atom is -0.382 e. The van der Waals surface area contributed by atoms with Crippen molar-refractivity contribution in [1.29, 1.82) is 0 Å². The summed E-state index contributed by atoms with van der Waals surface area (Å²) in [4.78, 5) is 11.2. The van der Waals surface area contributed by atoms with E-state index in [4.69, 9.17) is 16.3 Å². The number of nitrogens with one attached hydrogen (secondary N) is 1. The molecule has 1 aliphatic heterocycles. The smallest absolute Gasteiger partial charge is 0.382 e. The van der Waals surface area contributed by atoms with E-state index < -0.39 is 11.7 Å². The van der Waals surface area contributed by atoms with Crippen LogP contribution < -0.4 is 5.32 Å². The number of alkyl halides is 3. The second-order valence-electron chi connectivity index (χ2n) is 8.38. The first-order chi connectivity index (χ1) is 15.5. The number of rotatable bonds is 6. The molecule has 0 bridgehead atoms. The van der Waals surface area contributed by atoms with Crippen molar-refractivity contribution in [1.82, 2.24) is 0 Å². The maximum Gasteiger partial charge on any atom is 0.416 e. The predicted molar refractivity (Wildman–Crippen MR) is 127 cm³/mol. The molecule has 0 amide bonds. The molecule has 3 nitrogen and oxygen atoms in total. The van der Waals surface area contributed by atoms with Gasteiger partial charge in [0, 0.05) is 55.0 Å². The molecule has 1 heterocycles. The number of aryl methyl sites for hydroxylation is 2. The van der Waals surface area contributed by atoms with Crippen LogP contribution in [0.2, 0.25) is 5.02 Å². The second-order valence-corrected chi connectivity index (χ2v) is 8.82. The van der Waals surface area contributed by atoms with Gasteiger partial charge in [-0.05, 0) is 62.2 Å². The summed E-state index contributed by atoms with van der Waals surface area (Å²) < 4.78 is 44.7. The Morgan fingerprint density at radius 2 is 1.91 bits per heavy atom. The topological polar surface area (TPSA) is 38.3 Å². The number of carbonyl (C=O) groups excluding carboxylic acids is 1. The third kappa shape index (κ3) is 8.90. The summed E-state index contributed by atoms with van der Waals surface area (Å²) in [6.07, 6.45) is -1.49. The molecule has 186 valence electrons. The van der Waals surface area contributed by atoms with Crippen LogP contribution in [0.25, 0.3) is 0 Å². The van der Waals surface area contributed by atoms with Crippen molar-refractivity contribution in [2.24, 2.45) is 0 Å². The number of carbonyl (C=O) groups is 1. The second kappa shape index (κ2) is 13.9. The van der Waals surface area contributed by atoms with Crippen LogP contribution in [-0.2, 0) is 10.9 Å². The van der Waals surface area contributed by atoms with Crippen molar-refractivity contribution in [3.05, 3.63) is 63.2 Å². The van der Waals surface area contributed by atoms with Crippen molar-refractivity contribution >= 4 is 23.1 Å². The summed E-state index contributed by atoms with van der Waals surface area (Å²) in [6, 6.07) is 9.07. The van der Waals surface area contributed by atoms with Crippen molar-refractivity contribution in [2.75, 3.05) is 11.9 Å². The van der Waals surface area contributed by atoms with E-state index in [1.165, 1.54) is 12.1 Å². The minimum absolute atomic E-state index is 0. The zero-order chi connectivity index (χ0) is 24.8. The Morgan fingerprint density at radius 1 is 1.24 bits per heavy atom. The standard InChI is InChI=1S/C16H22F3NO.C10H10ClO.U/c1-4-11(3)20-15-10(2)8-12(16(17,18)19)9-13(15)14-6-5-7-21-14;1-3-10(12)8-4-7(2)5-9(11)6-8;/h8-9,11,14,20H,4-7H2,1-3H3;5-6H,3H2,1-2H3;/q;-1;. The molecule has 3 rings (SSSR count). The van der Waals surface area contributed by atoms with Gasteiger partial charge in [-0.1, -0.05) is 20.8 Å². The number of ketones is 1. The molecule has 0 aromatic heterocycles. The molecule has 1 fully saturated rings. The molecular weight excluding hydrogens is 689 g/mol. The van der Waals surface area contributed by atoms with E-state index in [0.717, 1.165) is 30.5 Å². The molecule has 1 aliphatic rings. The van der Waals surface area contributed by atoms with Crippen molar-refractivity contribution in [2.45, 2.75) is 78.6 Å². The van der Waals surface area contributed by atoms with Crippen molar-refractivity contribution in [3.8, 4) is 0 Å². The van der Waals surface area contributed by atoms with E-state index in [0.29, 0.717) is 34.7 Å². The average Bonchev–Trinajstić information content (AvgIpc) is 3.28. The molecule has 0 radical (unpaired) electrons. The first kappa shape index (κ1) is 31.0. The maximum absolute atomic E-state index is 13.0. The first-order valence-corrected chi connectivity index (χ1v) is 11.7. The van der Waals surface area contributed by atoms with Gasteiger partial charge < -0.3 is 14.8 Å². The van der Waals surface area contributed by atoms with Gasteiger partial charge in [-0.15, -0.1) is 40.9 Å². The monoisotopic (exact) mass is 720 g/mol. The fraction of sp³-hybridized carbons (Fsp3) is 0.500. The van der Waals surface area contributed by atoms with Gasteiger partial charge in [-0.3, -0.25) is 0 Å². The van der Waals surface area contributed by atoms with Crippen LogP contribution in [0.15, 0.2) is 24.3 Å². The quantitative estimate of drug-likeness (QED) is 0.242. The number of hydrogen-bond acceptors (Lipinski definition) is 3. The molecule has 1 N–H and O–H groups in total. The summed E-state index contributed by atoms with van der Waals surface area (Å²) in [5.41, 5.74) is 2.95. The molecule has 0 saturated carbocycles.